The summed E-state index contributed by atoms with van der Waals surface area (Å²) in [4.78, 5) is 10.4. The lowest BCUT2D eigenvalue weighted by atomic mass is 9.89. The third-order valence-corrected chi connectivity index (χ3v) is 6.26. The van der Waals surface area contributed by atoms with Gasteiger partial charge in [-0.2, -0.15) is 0 Å². The Kier molecular flexibility index (Phi) is 6.23. The van der Waals surface area contributed by atoms with Crippen molar-refractivity contribution in [2.45, 2.75) is 24.2 Å². The van der Waals surface area contributed by atoms with E-state index in [0.29, 0.717) is 24.4 Å². The van der Waals surface area contributed by atoms with Crippen molar-refractivity contribution in [1.82, 2.24) is 14.6 Å². The normalized spacial score (nSPS) is 24.9. The fourth-order valence-corrected chi connectivity index (χ4v) is 4.82. The van der Waals surface area contributed by atoms with Gasteiger partial charge in [0, 0.05) is 24.2 Å². The van der Waals surface area contributed by atoms with Crippen LogP contribution in [0.3, 0.4) is 0 Å². The predicted octanol–water partition coefficient (Wildman–Crippen LogP) is 2.78. The van der Waals surface area contributed by atoms with Crippen LogP contribution in [0.4, 0.5) is 26.3 Å². The predicted molar refractivity (Wildman–Crippen MR) is 109 cm³/mol. The average molecular weight is 508 g/mol. The smallest absolute Gasteiger partial charge is 0.215 e. The fraction of sp³-hybridized carbons (Fsp3) is 0.400. The van der Waals surface area contributed by atoms with Gasteiger partial charge in [-0.15, -0.1) is 0 Å². The Bertz CT molecular complexity index is 1240. The number of benzene rings is 1. The number of alkyl halides is 2. The number of pyridine rings is 1. The van der Waals surface area contributed by atoms with Crippen LogP contribution >= 0.6 is 0 Å². The minimum atomic E-state index is -3.70. The highest BCUT2D eigenvalue weighted by atomic mass is 32.2. The molecule has 34 heavy (non-hydrogen) atoms. The second-order valence-electron chi connectivity index (χ2n) is 8.12. The zero-order valence-corrected chi connectivity index (χ0v) is 18.4. The highest BCUT2D eigenvalue weighted by molar-refractivity contribution is 7.88. The van der Waals surface area contributed by atoms with Gasteiger partial charge < -0.3 is 9.74 Å². The van der Waals surface area contributed by atoms with E-state index in [0.717, 1.165) is 6.26 Å². The van der Waals surface area contributed by atoms with Crippen molar-refractivity contribution in [2.75, 3.05) is 26.0 Å². The van der Waals surface area contributed by atoms with Crippen LogP contribution in [-0.2, 0) is 20.5 Å². The van der Waals surface area contributed by atoms with Crippen LogP contribution in [0.1, 0.15) is 12.1 Å². The second-order valence-corrected chi connectivity index (χ2v) is 9.90. The molecule has 0 spiro atoms. The molecular weight excluding hydrogens is 490 g/mol. The summed E-state index contributed by atoms with van der Waals surface area (Å²) in [7, 11) is -3.70. The summed E-state index contributed by atoms with van der Waals surface area (Å²) in [6.45, 7) is -1.72. The highest BCUT2D eigenvalue weighted by Gasteiger charge is 2.48. The molecule has 1 N–H and O–H groups in total. The molecular formula is C20H18F6N4O3S. The van der Waals surface area contributed by atoms with Crippen molar-refractivity contribution in [3.63, 3.8) is 0 Å². The minimum Gasteiger partial charge on any atom is -0.378 e. The first-order valence-corrected chi connectivity index (χ1v) is 11.8. The first-order chi connectivity index (χ1) is 15.9. The Labute approximate surface area is 190 Å². The van der Waals surface area contributed by atoms with E-state index in [1.54, 1.807) is 0 Å². The number of oxime groups is 1. The first kappa shape index (κ1) is 24.3. The molecule has 0 saturated carbocycles. The summed E-state index contributed by atoms with van der Waals surface area (Å²) >= 11 is 0. The Hall–Kier alpha value is -2.87. The van der Waals surface area contributed by atoms with Crippen LogP contribution in [0.5, 0.6) is 0 Å². The number of nitrogens with one attached hydrogen (secondary N) is 1. The minimum absolute atomic E-state index is 0.0372. The van der Waals surface area contributed by atoms with Gasteiger partial charge in [-0.25, -0.2) is 39.5 Å². The largest absolute Gasteiger partial charge is 0.378 e. The van der Waals surface area contributed by atoms with Gasteiger partial charge in [0.05, 0.1) is 42.7 Å². The molecule has 1 fully saturated rings. The van der Waals surface area contributed by atoms with E-state index < -0.39 is 74.6 Å². The Morgan fingerprint density at radius 2 is 1.82 bits per heavy atom. The molecule has 0 bridgehead atoms. The molecule has 1 saturated heterocycles. The van der Waals surface area contributed by atoms with Gasteiger partial charge in [-0.3, -0.25) is 4.98 Å². The lowest BCUT2D eigenvalue weighted by Gasteiger charge is -2.26. The van der Waals surface area contributed by atoms with E-state index in [1.807, 2.05) is 0 Å². The average Bonchev–Trinajstić information content (AvgIpc) is 3.31. The van der Waals surface area contributed by atoms with Gasteiger partial charge >= 0.3 is 0 Å². The number of nitrogens with zero attached hydrogens (tertiary/aromatic N) is 3. The number of hydrogen-bond acceptors (Lipinski definition) is 6. The molecule has 7 nitrogen and oxygen atoms in total. The molecule has 0 radical (unpaired) electrons. The Balaban J connectivity index is 1.68. The van der Waals surface area contributed by atoms with Crippen molar-refractivity contribution >= 4 is 15.9 Å². The van der Waals surface area contributed by atoms with Crippen LogP contribution < -0.4 is 4.72 Å². The van der Waals surface area contributed by atoms with E-state index in [2.05, 4.69) is 14.9 Å². The molecule has 0 aliphatic carbocycles. The fourth-order valence-electron chi connectivity index (χ4n) is 4.04. The summed E-state index contributed by atoms with van der Waals surface area (Å²) < 4.78 is 110. The number of sulfonamides is 1. The number of aromatic nitrogens is 1. The topological polar surface area (TPSA) is 83.9 Å². The van der Waals surface area contributed by atoms with Crippen molar-refractivity contribution < 1.29 is 39.6 Å². The summed E-state index contributed by atoms with van der Waals surface area (Å²) in [5.41, 5.74) is -3.79. The highest BCUT2D eigenvalue weighted by Crippen LogP contribution is 2.42. The van der Waals surface area contributed by atoms with Crippen LogP contribution in [0, 0.1) is 23.3 Å². The maximum atomic E-state index is 14.5. The lowest BCUT2D eigenvalue weighted by Crippen LogP contribution is -2.41. The standard InChI is InChI=1S/C20H18F6N4O3S/c1-34(31,32)29-16-8-30(7-15(16)26)17-5-20(9-21,33-28-17)19-12(2-11(23)6-27-19)18-13(24)3-10(22)4-14(18)25/h2-4,6,15-16,29H,5,7-9H2,1H3/t15-,16+,20?/m0/s1. The van der Waals surface area contributed by atoms with Crippen LogP contribution in [-0.4, -0.2) is 62.4 Å². The van der Waals surface area contributed by atoms with Crippen molar-refractivity contribution in [3.05, 3.63) is 53.4 Å². The van der Waals surface area contributed by atoms with Gasteiger partial charge in [0.15, 0.2) is 0 Å². The molecule has 1 aromatic heterocycles. The van der Waals surface area contributed by atoms with Crippen LogP contribution in [0.15, 0.2) is 29.6 Å². The van der Waals surface area contributed by atoms with E-state index in [9.17, 15) is 34.8 Å². The van der Waals surface area contributed by atoms with Crippen LogP contribution in [0.25, 0.3) is 11.1 Å². The Morgan fingerprint density at radius 3 is 2.44 bits per heavy atom. The zero-order chi connectivity index (χ0) is 24.8. The first-order valence-electron chi connectivity index (χ1n) is 9.91. The number of hydrogen-bond donors (Lipinski definition) is 1. The summed E-state index contributed by atoms with van der Waals surface area (Å²) in [5.74, 6) is -4.90. The molecule has 4 rings (SSSR count). The zero-order valence-electron chi connectivity index (χ0n) is 17.5. The summed E-state index contributed by atoms with van der Waals surface area (Å²) in [6, 6.07) is 0.389. The number of rotatable bonds is 5. The molecule has 14 heteroatoms. The van der Waals surface area contributed by atoms with E-state index in [4.69, 9.17) is 4.84 Å². The van der Waals surface area contributed by atoms with Gasteiger partial charge in [0.25, 0.3) is 0 Å². The molecule has 184 valence electrons. The monoisotopic (exact) mass is 508 g/mol. The maximum absolute atomic E-state index is 14.5. The van der Waals surface area contributed by atoms with Crippen molar-refractivity contribution in [3.8, 4) is 11.1 Å². The van der Waals surface area contributed by atoms with Gasteiger partial charge in [-0.05, 0) is 6.07 Å². The molecule has 2 aliphatic heterocycles. The third kappa shape index (κ3) is 4.56. The molecule has 3 heterocycles. The quantitative estimate of drug-likeness (QED) is 0.629. The van der Waals surface area contributed by atoms with E-state index in [1.165, 1.54) is 4.90 Å². The van der Waals surface area contributed by atoms with Gasteiger partial charge in [-0.1, -0.05) is 5.16 Å². The molecule has 0 amide bonds. The SMILES string of the molecule is CS(=O)(=O)N[C@@H]1CN(C2=NOC(CF)(c3ncc(F)cc3-c3c(F)cc(F)cc3F)C2)C[C@@H]1F. The number of halogens is 6. The number of amidine groups is 1. The van der Waals surface area contributed by atoms with Crippen molar-refractivity contribution in [1.29, 1.82) is 0 Å². The van der Waals surface area contributed by atoms with E-state index >= 15 is 0 Å². The molecule has 2 aliphatic rings. The lowest BCUT2D eigenvalue weighted by molar-refractivity contribution is -0.0435. The maximum Gasteiger partial charge on any atom is 0.215 e. The molecule has 1 unspecified atom stereocenters. The van der Waals surface area contributed by atoms with Gasteiger partial charge in [0.2, 0.25) is 15.6 Å². The van der Waals surface area contributed by atoms with E-state index in [-0.39, 0.29) is 25.3 Å². The second kappa shape index (κ2) is 8.73. The summed E-state index contributed by atoms with van der Waals surface area (Å²) in [5, 5.41) is 3.78. The number of likely N-dealkylation sites (tertiary alicyclic amines) is 1. The van der Waals surface area contributed by atoms with Crippen molar-refractivity contribution in [2.24, 2.45) is 5.16 Å². The van der Waals surface area contributed by atoms with Gasteiger partial charge in [0.1, 0.15) is 42.0 Å². The third-order valence-electron chi connectivity index (χ3n) is 5.53. The molecule has 2 aromatic rings. The van der Waals surface area contributed by atoms with Crippen LogP contribution in [0.2, 0.25) is 0 Å². The molecule has 1 aromatic carbocycles. The molecule has 3 atom stereocenters. The summed E-state index contributed by atoms with van der Waals surface area (Å²) in [6.07, 6.45) is -0.407. The Morgan fingerprint density at radius 1 is 1.15 bits per heavy atom.